The first-order valence-corrected chi connectivity index (χ1v) is 10.4. The number of hydrogen-bond donors (Lipinski definition) is 2. The molecule has 11 heteroatoms. The molecule has 1 aromatic rings. The minimum absolute atomic E-state index is 0.195. The first kappa shape index (κ1) is 20.6. The van der Waals surface area contributed by atoms with Crippen LogP contribution in [0.2, 0.25) is 0 Å². The molecule has 0 aromatic heterocycles. The molecule has 142 valence electrons. The summed E-state index contributed by atoms with van der Waals surface area (Å²) in [5.41, 5.74) is 0.700. The van der Waals surface area contributed by atoms with Gasteiger partial charge in [-0.3, -0.25) is 9.69 Å². The highest BCUT2D eigenvalue weighted by molar-refractivity contribution is 7.99. The molecule has 1 fully saturated rings. The summed E-state index contributed by atoms with van der Waals surface area (Å²) in [6.07, 6.45) is -0.618. The number of nitrogens with zero attached hydrogens (tertiary/aromatic N) is 2. The van der Waals surface area contributed by atoms with Gasteiger partial charge in [-0.05, 0) is 29.9 Å². The topological polar surface area (TPSA) is 100 Å². The molecule has 8 nitrogen and oxygen atoms in total. The minimum Gasteiger partial charge on any atom is -0.497 e. The smallest absolute Gasteiger partial charge is 0.312 e. The largest absolute Gasteiger partial charge is 0.497 e. The molecule has 0 aliphatic carbocycles. The van der Waals surface area contributed by atoms with Gasteiger partial charge in [-0.25, -0.2) is 0 Å². The Bertz CT molecular complexity index is 775. The normalized spacial score (nSPS) is 18.5. The predicted octanol–water partition coefficient (Wildman–Crippen LogP) is 0.794. The SMILES string of the molecule is CNC(=S)NC(=O)C(c1ccc(OC)cc1)N1CCSCC1N=S(=O)=O. The van der Waals surface area contributed by atoms with E-state index in [0.717, 1.165) is 5.75 Å². The zero-order chi connectivity index (χ0) is 19.1. The summed E-state index contributed by atoms with van der Waals surface area (Å²) >= 11 is 6.63. The first-order valence-electron chi connectivity index (χ1n) is 7.76. The molecule has 0 spiro atoms. The molecule has 2 atom stereocenters. The van der Waals surface area contributed by atoms with E-state index in [0.29, 0.717) is 23.6 Å². The quantitative estimate of drug-likeness (QED) is 0.680. The third kappa shape index (κ3) is 5.40. The maximum absolute atomic E-state index is 12.9. The van der Waals surface area contributed by atoms with Gasteiger partial charge in [0.2, 0.25) is 5.91 Å². The number of nitrogens with one attached hydrogen (secondary N) is 2. The molecule has 2 unspecified atom stereocenters. The lowest BCUT2D eigenvalue weighted by molar-refractivity contribution is -0.126. The zero-order valence-electron chi connectivity index (χ0n) is 14.3. The van der Waals surface area contributed by atoms with Crippen molar-refractivity contribution in [2.75, 3.05) is 32.2 Å². The van der Waals surface area contributed by atoms with Crippen LogP contribution in [0.5, 0.6) is 5.75 Å². The van der Waals surface area contributed by atoms with E-state index in [-0.39, 0.29) is 11.0 Å². The molecular weight excluding hydrogens is 396 g/mol. The maximum atomic E-state index is 12.9. The van der Waals surface area contributed by atoms with Crippen molar-refractivity contribution in [3.8, 4) is 5.75 Å². The molecule has 1 aliphatic heterocycles. The second-order valence-electron chi connectivity index (χ2n) is 5.36. The Morgan fingerprint density at radius 2 is 2.12 bits per heavy atom. The van der Waals surface area contributed by atoms with E-state index in [1.165, 1.54) is 0 Å². The van der Waals surface area contributed by atoms with Crippen LogP contribution in [-0.2, 0) is 15.3 Å². The highest BCUT2D eigenvalue weighted by Gasteiger charge is 2.35. The van der Waals surface area contributed by atoms with Crippen LogP contribution < -0.4 is 15.4 Å². The van der Waals surface area contributed by atoms with Gasteiger partial charge in [0, 0.05) is 25.1 Å². The number of rotatable bonds is 5. The van der Waals surface area contributed by atoms with Gasteiger partial charge in [0.1, 0.15) is 18.0 Å². The van der Waals surface area contributed by atoms with Gasteiger partial charge < -0.3 is 15.4 Å². The molecule has 1 amide bonds. The summed E-state index contributed by atoms with van der Waals surface area (Å²) in [6, 6.07) is 6.33. The van der Waals surface area contributed by atoms with E-state index in [1.54, 1.807) is 55.1 Å². The summed E-state index contributed by atoms with van der Waals surface area (Å²) in [4.78, 5) is 14.7. The summed E-state index contributed by atoms with van der Waals surface area (Å²) in [7, 11) is 0.616. The van der Waals surface area contributed by atoms with Gasteiger partial charge in [0.15, 0.2) is 5.11 Å². The molecule has 2 N–H and O–H groups in total. The van der Waals surface area contributed by atoms with Gasteiger partial charge in [-0.1, -0.05) is 12.1 Å². The molecule has 1 aliphatic rings. The summed E-state index contributed by atoms with van der Waals surface area (Å²) in [6.45, 7) is 0.520. The van der Waals surface area contributed by atoms with Crippen LogP contribution >= 0.6 is 24.0 Å². The Morgan fingerprint density at radius 1 is 1.42 bits per heavy atom. The van der Waals surface area contributed by atoms with Crippen molar-refractivity contribution < 1.29 is 17.9 Å². The zero-order valence-corrected chi connectivity index (χ0v) is 16.8. The molecule has 26 heavy (non-hydrogen) atoms. The minimum atomic E-state index is -2.56. The number of amides is 1. The molecule has 0 bridgehead atoms. The van der Waals surface area contributed by atoms with Crippen molar-refractivity contribution in [2.45, 2.75) is 12.2 Å². The van der Waals surface area contributed by atoms with Crippen LogP contribution in [0.4, 0.5) is 0 Å². The Morgan fingerprint density at radius 3 is 2.69 bits per heavy atom. The highest BCUT2D eigenvalue weighted by atomic mass is 32.2. The van der Waals surface area contributed by atoms with Gasteiger partial charge in [-0.15, -0.1) is 0 Å². The molecular formula is C15H20N4O4S3. The summed E-state index contributed by atoms with van der Waals surface area (Å²) < 4.78 is 31.1. The fraction of sp³-hybridized carbons (Fsp3) is 0.467. The fourth-order valence-corrected chi connectivity index (χ4v) is 4.19. The fourth-order valence-electron chi connectivity index (χ4n) is 2.62. The number of ether oxygens (including phenoxy) is 1. The average molecular weight is 417 g/mol. The van der Waals surface area contributed by atoms with Crippen LogP contribution in [0, 0.1) is 0 Å². The van der Waals surface area contributed by atoms with Gasteiger partial charge >= 0.3 is 10.5 Å². The van der Waals surface area contributed by atoms with Crippen LogP contribution in [-0.4, -0.2) is 62.7 Å². The van der Waals surface area contributed by atoms with Crippen LogP contribution in [0.15, 0.2) is 28.6 Å². The first-order chi connectivity index (χ1) is 12.5. The standard InChI is InChI=1S/C15H20N4O4S3/c1-16-15(24)17-14(20)13(10-3-5-11(23-2)6-4-10)19-7-8-25-9-12(19)18-26(21)22/h3-6,12-13H,7-9H2,1-2H3,(H2,16,17,20,24). The third-order valence-corrected chi connectivity index (χ3v) is 5.55. The van der Waals surface area contributed by atoms with E-state index in [9.17, 15) is 13.2 Å². The Balaban J connectivity index is 2.41. The lowest BCUT2D eigenvalue weighted by Crippen LogP contribution is -2.51. The van der Waals surface area contributed by atoms with E-state index in [2.05, 4.69) is 15.0 Å². The number of methoxy groups -OCH3 is 1. The second kappa shape index (κ2) is 9.86. The molecule has 2 rings (SSSR count). The number of thiocarbonyl (C=S) groups is 1. The van der Waals surface area contributed by atoms with Crippen molar-refractivity contribution in [1.82, 2.24) is 15.5 Å². The Hall–Kier alpha value is -1.69. The van der Waals surface area contributed by atoms with Crippen molar-refractivity contribution in [3.63, 3.8) is 0 Å². The molecule has 0 radical (unpaired) electrons. The monoisotopic (exact) mass is 416 g/mol. The lowest BCUT2D eigenvalue weighted by Gasteiger charge is -2.37. The number of thioether (sulfide) groups is 1. The summed E-state index contributed by atoms with van der Waals surface area (Å²) in [5, 5.41) is 5.53. The Labute approximate surface area is 163 Å². The van der Waals surface area contributed by atoms with Crippen LogP contribution in [0.25, 0.3) is 0 Å². The predicted molar refractivity (Wildman–Crippen MR) is 105 cm³/mol. The number of benzene rings is 1. The van der Waals surface area contributed by atoms with E-state index >= 15 is 0 Å². The average Bonchev–Trinajstić information content (AvgIpc) is 2.63. The van der Waals surface area contributed by atoms with Crippen molar-refractivity contribution in [2.24, 2.45) is 4.36 Å². The molecule has 1 saturated heterocycles. The van der Waals surface area contributed by atoms with Crippen molar-refractivity contribution in [1.29, 1.82) is 0 Å². The number of hydrogen-bond acceptors (Lipinski definition) is 8. The second-order valence-corrected chi connectivity index (χ2v) is 7.56. The molecule has 1 aromatic carbocycles. The highest BCUT2D eigenvalue weighted by Crippen LogP contribution is 2.30. The number of carbonyl (C=O) groups excluding carboxylic acids is 1. The molecule has 1 heterocycles. The Kier molecular flexibility index (Phi) is 7.82. The van der Waals surface area contributed by atoms with E-state index < -0.39 is 22.7 Å². The van der Waals surface area contributed by atoms with E-state index in [1.807, 2.05) is 0 Å². The van der Waals surface area contributed by atoms with Crippen molar-refractivity contribution >= 4 is 45.5 Å². The van der Waals surface area contributed by atoms with Crippen LogP contribution in [0.3, 0.4) is 0 Å². The van der Waals surface area contributed by atoms with Crippen LogP contribution in [0.1, 0.15) is 11.6 Å². The van der Waals surface area contributed by atoms with Gasteiger partial charge in [-0.2, -0.15) is 24.5 Å². The third-order valence-electron chi connectivity index (χ3n) is 3.83. The van der Waals surface area contributed by atoms with Gasteiger partial charge in [0.25, 0.3) is 0 Å². The number of carbonyl (C=O) groups is 1. The van der Waals surface area contributed by atoms with E-state index in [4.69, 9.17) is 17.0 Å². The maximum Gasteiger partial charge on any atom is 0.312 e. The van der Waals surface area contributed by atoms with Crippen molar-refractivity contribution in [3.05, 3.63) is 29.8 Å². The lowest BCUT2D eigenvalue weighted by atomic mass is 10.0. The van der Waals surface area contributed by atoms with Gasteiger partial charge in [0.05, 0.1) is 7.11 Å². The molecule has 0 saturated carbocycles. The summed E-state index contributed by atoms with van der Waals surface area (Å²) in [5.74, 6) is 1.58.